The van der Waals surface area contributed by atoms with Gasteiger partial charge >= 0.3 is 0 Å². The van der Waals surface area contributed by atoms with E-state index in [2.05, 4.69) is 10.3 Å². The summed E-state index contributed by atoms with van der Waals surface area (Å²) in [5.41, 5.74) is 1.64. The van der Waals surface area contributed by atoms with Gasteiger partial charge in [-0.3, -0.25) is 9.59 Å². The highest BCUT2D eigenvalue weighted by atomic mass is 16.3. The topological polar surface area (TPSA) is 82.2 Å². The molecule has 5 heteroatoms. The summed E-state index contributed by atoms with van der Waals surface area (Å²) < 4.78 is 0. The lowest BCUT2D eigenvalue weighted by Crippen LogP contribution is -2.40. The van der Waals surface area contributed by atoms with E-state index in [1.807, 2.05) is 31.2 Å². The van der Waals surface area contributed by atoms with Gasteiger partial charge in [0.15, 0.2) is 0 Å². The van der Waals surface area contributed by atoms with E-state index in [0.717, 1.165) is 42.1 Å². The van der Waals surface area contributed by atoms with Crippen LogP contribution in [-0.4, -0.2) is 28.1 Å². The Bertz CT molecular complexity index is 804. The molecule has 2 aromatic rings. The minimum atomic E-state index is -0.742. The Morgan fingerprint density at radius 2 is 2.04 bits per heavy atom. The Kier molecular flexibility index (Phi) is 4.71. The van der Waals surface area contributed by atoms with Crippen molar-refractivity contribution in [2.24, 2.45) is 0 Å². The first-order valence-electron chi connectivity index (χ1n) is 8.57. The summed E-state index contributed by atoms with van der Waals surface area (Å²) in [6.07, 6.45) is 4.16. The first-order chi connectivity index (χ1) is 11.5. The van der Waals surface area contributed by atoms with E-state index < -0.39 is 5.60 Å². The van der Waals surface area contributed by atoms with Crippen LogP contribution in [0.25, 0.3) is 10.9 Å². The zero-order valence-electron chi connectivity index (χ0n) is 14.0. The van der Waals surface area contributed by atoms with Gasteiger partial charge in [-0.05, 0) is 49.3 Å². The molecule has 1 aromatic heterocycles. The van der Waals surface area contributed by atoms with Gasteiger partial charge in [-0.25, -0.2) is 0 Å². The number of carbonyl (C=O) groups is 1. The third-order valence-electron chi connectivity index (χ3n) is 4.85. The van der Waals surface area contributed by atoms with Crippen molar-refractivity contribution in [2.75, 3.05) is 6.54 Å². The van der Waals surface area contributed by atoms with E-state index >= 15 is 0 Å². The van der Waals surface area contributed by atoms with Crippen molar-refractivity contribution in [3.8, 4) is 0 Å². The first-order valence-corrected chi connectivity index (χ1v) is 8.57. The van der Waals surface area contributed by atoms with E-state index in [1.54, 1.807) is 0 Å². The SMILES string of the molecule is Cc1ccc2cc(CCC(=O)NCC3(O)CCCC3)c(=O)[nH]c2c1. The minimum Gasteiger partial charge on any atom is -0.388 e. The van der Waals surface area contributed by atoms with Crippen LogP contribution in [0.5, 0.6) is 0 Å². The maximum atomic E-state index is 12.1. The third-order valence-corrected chi connectivity index (χ3v) is 4.85. The second kappa shape index (κ2) is 6.77. The number of benzene rings is 1. The molecule has 1 heterocycles. The highest BCUT2D eigenvalue weighted by Gasteiger charge is 2.31. The highest BCUT2D eigenvalue weighted by molar-refractivity contribution is 5.80. The minimum absolute atomic E-state index is 0.126. The standard InChI is InChI=1S/C19H24N2O3/c1-13-4-5-14-11-15(18(23)21-16(14)10-13)6-7-17(22)20-12-19(24)8-2-3-9-19/h4-5,10-11,24H,2-3,6-9,12H2,1H3,(H,20,22)(H,21,23). The molecule has 3 rings (SSSR count). The molecule has 1 aliphatic rings. The molecule has 0 atom stereocenters. The Morgan fingerprint density at radius 3 is 2.79 bits per heavy atom. The molecule has 0 unspecified atom stereocenters. The number of carbonyl (C=O) groups excluding carboxylic acids is 1. The smallest absolute Gasteiger partial charge is 0.251 e. The van der Waals surface area contributed by atoms with Crippen LogP contribution in [0.3, 0.4) is 0 Å². The lowest BCUT2D eigenvalue weighted by atomic mass is 10.0. The predicted octanol–water partition coefficient (Wildman–Crippen LogP) is 2.19. The number of rotatable bonds is 5. The molecular formula is C19H24N2O3. The summed E-state index contributed by atoms with van der Waals surface area (Å²) in [5, 5.41) is 14.0. The molecule has 0 saturated heterocycles. The molecule has 1 aliphatic carbocycles. The maximum absolute atomic E-state index is 12.1. The van der Waals surface area contributed by atoms with E-state index in [0.29, 0.717) is 18.5 Å². The largest absolute Gasteiger partial charge is 0.388 e. The molecule has 1 amide bonds. The lowest BCUT2D eigenvalue weighted by molar-refractivity contribution is -0.122. The molecule has 1 aromatic carbocycles. The van der Waals surface area contributed by atoms with Crippen molar-refractivity contribution in [1.29, 1.82) is 0 Å². The van der Waals surface area contributed by atoms with Crippen molar-refractivity contribution in [1.82, 2.24) is 10.3 Å². The molecule has 0 radical (unpaired) electrons. The predicted molar refractivity (Wildman–Crippen MR) is 94.1 cm³/mol. The lowest BCUT2D eigenvalue weighted by Gasteiger charge is -2.22. The van der Waals surface area contributed by atoms with E-state index in [-0.39, 0.29) is 17.9 Å². The van der Waals surface area contributed by atoms with Crippen molar-refractivity contribution in [3.63, 3.8) is 0 Å². The molecule has 5 nitrogen and oxygen atoms in total. The summed E-state index contributed by atoms with van der Waals surface area (Å²) in [5.74, 6) is -0.126. The maximum Gasteiger partial charge on any atom is 0.251 e. The Labute approximate surface area is 141 Å². The third kappa shape index (κ3) is 3.85. The van der Waals surface area contributed by atoms with Gasteiger partial charge in [-0.15, -0.1) is 0 Å². The van der Waals surface area contributed by atoms with Gasteiger partial charge in [0.05, 0.1) is 5.60 Å². The fourth-order valence-corrected chi connectivity index (χ4v) is 3.36. The summed E-state index contributed by atoms with van der Waals surface area (Å²) in [7, 11) is 0. The molecule has 0 bridgehead atoms. The Balaban J connectivity index is 1.60. The Morgan fingerprint density at radius 1 is 1.29 bits per heavy atom. The summed E-state index contributed by atoms with van der Waals surface area (Å²) in [6.45, 7) is 2.29. The zero-order chi connectivity index (χ0) is 17.2. The average molecular weight is 328 g/mol. The van der Waals surface area contributed by atoms with Gasteiger partial charge in [-0.2, -0.15) is 0 Å². The highest BCUT2D eigenvalue weighted by Crippen LogP contribution is 2.28. The molecule has 3 N–H and O–H groups in total. The van der Waals surface area contributed by atoms with E-state index in [4.69, 9.17) is 0 Å². The van der Waals surface area contributed by atoms with Gasteiger partial charge < -0.3 is 15.4 Å². The molecule has 1 fully saturated rings. The van der Waals surface area contributed by atoms with Gasteiger partial charge in [0, 0.05) is 24.0 Å². The summed E-state index contributed by atoms with van der Waals surface area (Å²) in [4.78, 5) is 27.0. The number of amides is 1. The number of aryl methyl sites for hydroxylation is 2. The van der Waals surface area contributed by atoms with E-state index in [9.17, 15) is 14.7 Å². The fraction of sp³-hybridized carbons (Fsp3) is 0.474. The van der Waals surface area contributed by atoms with Crippen LogP contribution in [0, 0.1) is 6.92 Å². The second-order valence-electron chi connectivity index (χ2n) is 6.92. The van der Waals surface area contributed by atoms with Crippen molar-refractivity contribution in [3.05, 3.63) is 45.7 Å². The number of H-pyrrole nitrogens is 1. The number of aromatic amines is 1. The van der Waals surface area contributed by atoms with Gasteiger partial charge in [0.1, 0.15) is 0 Å². The van der Waals surface area contributed by atoms with E-state index in [1.165, 1.54) is 0 Å². The molecule has 0 spiro atoms. The van der Waals surface area contributed by atoms with Crippen LogP contribution in [0.4, 0.5) is 0 Å². The molecule has 24 heavy (non-hydrogen) atoms. The summed E-state index contributed by atoms with van der Waals surface area (Å²) >= 11 is 0. The quantitative estimate of drug-likeness (QED) is 0.787. The number of fused-ring (bicyclic) bond motifs is 1. The summed E-state index contributed by atoms with van der Waals surface area (Å²) in [6, 6.07) is 7.76. The van der Waals surface area contributed by atoms with Gasteiger partial charge in [0.2, 0.25) is 5.91 Å². The van der Waals surface area contributed by atoms with Gasteiger partial charge in [0.25, 0.3) is 5.56 Å². The number of hydrogen-bond donors (Lipinski definition) is 3. The van der Waals surface area contributed by atoms with Crippen LogP contribution >= 0.6 is 0 Å². The van der Waals surface area contributed by atoms with Crippen LogP contribution in [0.15, 0.2) is 29.1 Å². The number of pyridine rings is 1. The number of hydrogen-bond acceptors (Lipinski definition) is 3. The monoisotopic (exact) mass is 328 g/mol. The number of aliphatic hydroxyl groups is 1. The molecule has 1 saturated carbocycles. The van der Waals surface area contributed by atoms with Crippen molar-refractivity contribution >= 4 is 16.8 Å². The number of aromatic nitrogens is 1. The van der Waals surface area contributed by atoms with Crippen molar-refractivity contribution < 1.29 is 9.90 Å². The number of nitrogens with one attached hydrogen (secondary N) is 2. The van der Waals surface area contributed by atoms with Crippen LogP contribution in [-0.2, 0) is 11.2 Å². The normalized spacial score (nSPS) is 16.4. The Hall–Kier alpha value is -2.14. The molecule has 128 valence electrons. The molecule has 0 aliphatic heterocycles. The molecular weight excluding hydrogens is 304 g/mol. The van der Waals surface area contributed by atoms with Crippen LogP contribution in [0.2, 0.25) is 0 Å². The van der Waals surface area contributed by atoms with Gasteiger partial charge in [-0.1, -0.05) is 25.0 Å². The first kappa shape index (κ1) is 16.7. The zero-order valence-corrected chi connectivity index (χ0v) is 14.0. The second-order valence-corrected chi connectivity index (χ2v) is 6.92. The fourth-order valence-electron chi connectivity index (χ4n) is 3.36. The van der Waals surface area contributed by atoms with Crippen LogP contribution < -0.4 is 10.9 Å². The average Bonchev–Trinajstić information content (AvgIpc) is 2.98. The van der Waals surface area contributed by atoms with Crippen LogP contribution in [0.1, 0.15) is 43.2 Å². The van der Waals surface area contributed by atoms with Crippen molar-refractivity contribution in [2.45, 2.75) is 51.0 Å².